The second-order valence-electron chi connectivity index (χ2n) is 2.66. The van der Waals surface area contributed by atoms with Crippen molar-refractivity contribution >= 4 is 49.0 Å². The summed E-state index contributed by atoms with van der Waals surface area (Å²) in [6.45, 7) is 0. The van der Waals surface area contributed by atoms with Gasteiger partial charge in [-0.3, -0.25) is 0 Å². The van der Waals surface area contributed by atoms with Crippen molar-refractivity contribution < 1.29 is 0 Å². The molecule has 2 rings (SSSR count). The molecule has 0 atom stereocenters. The smallest absolute Gasteiger partial charge is 0.149 e. The van der Waals surface area contributed by atoms with Crippen LogP contribution < -0.4 is 5.73 Å². The lowest BCUT2D eigenvalue weighted by Crippen LogP contribution is -1.84. The van der Waals surface area contributed by atoms with Gasteiger partial charge >= 0.3 is 0 Å². The number of nitrogens with two attached hydrogens (primary N) is 1. The minimum Gasteiger partial charge on any atom is -0.382 e. The summed E-state index contributed by atoms with van der Waals surface area (Å²) in [6.07, 6.45) is 0. The maximum absolute atomic E-state index is 5.67. The molecule has 0 unspecified atom stereocenters. The third kappa shape index (κ3) is 1.85. The Balaban J connectivity index is 2.55. The standard InChI is InChI=1S/C9H6Br2N2S/c10-6-4-2-1-3-5(6)9-13-8(12)7(11)14-9/h1-4H,12H2. The Hall–Kier alpha value is -0.390. The predicted molar refractivity (Wildman–Crippen MR) is 67.4 cm³/mol. The molecule has 0 saturated heterocycles. The SMILES string of the molecule is Nc1nc(-c2ccccc2Br)sc1Br. The van der Waals surface area contributed by atoms with Crippen LogP contribution in [0.5, 0.6) is 0 Å². The number of hydrogen-bond acceptors (Lipinski definition) is 3. The fourth-order valence-corrected chi connectivity index (χ4v) is 2.97. The predicted octanol–water partition coefficient (Wildman–Crippen LogP) is 3.92. The van der Waals surface area contributed by atoms with Gasteiger partial charge in [0.15, 0.2) is 0 Å². The topological polar surface area (TPSA) is 38.9 Å². The van der Waals surface area contributed by atoms with Gasteiger partial charge in [0.1, 0.15) is 14.6 Å². The van der Waals surface area contributed by atoms with Crippen molar-refractivity contribution in [3.05, 3.63) is 32.5 Å². The van der Waals surface area contributed by atoms with Crippen molar-refractivity contribution in [2.75, 3.05) is 5.73 Å². The average molecular weight is 334 g/mol. The molecular weight excluding hydrogens is 328 g/mol. The molecule has 1 aromatic carbocycles. The lowest BCUT2D eigenvalue weighted by atomic mass is 10.2. The van der Waals surface area contributed by atoms with E-state index in [2.05, 4.69) is 36.8 Å². The van der Waals surface area contributed by atoms with E-state index in [1.54, 1.807) is 0 Å². The third-order valence-electron chi connectivity index (χ3n) is 1.71. The minimum atomic E-state index is 0.542. The summed E-state index contributed by atoms with van der Waals surface area (Å²) >= 11 is 8.36. The van der Waals surface area contributed by atoms with Gasteiger partial charge in [0.2, 0.25) is 0 Å². The largest absolute Gasteiger partial charge is 0.382 e. The van der Waals surface area contributed by atoms with E-state index in [1.807, 2.05) is 24.3 Å². The highest BCUT2D eigenvalue weighted by Crippen LogP contribution is 2.36. The lowest BCUT2D eigenvalue weighted by Gasteiger charge is -1.97. The number of aromatic nitrogens is 1. The normalized spacial score (nSPS) is 10.4. The number of benzene rings is 1. The van der Waals surface area contributed by atoms with Crippen LogP contribution >= 0.6 is 43.2 Å². The Labute approximate surface area is 102 Å². The van der Waals surface area contributed by atoms with Gasteiger partial charge in [-0.1, -0.05) is 34.1 Å². The number of halogens is 2. The van der Waals surface area contributed by atoms with E-state index in [9.17, 15) is 0 Å². The molecule has 0 aliphatic carbocycles. The van der Waals surface area contributed by atoms with Crippen molar-refractivity contribution in [3.8, 4) is 10.6 Å². The Morgan fingerprint density at radius 2 is 1.93 bits per heavy atom. The molecule has 0 saturated carbocycles. The molecule has 1 heterocycles. The highest BCUT2D eigenvalue weighted by Gasteiger charge is 2.09. The van der Waals surface area contributed by atoms with Gasteiger partial charge in [-0.15, -0.1) is 11.3 Å². The molecule has 0 spiro atoms. The van der Waals surface area contributed by atoms with E-state index in [-0.39, 0.29) is 0 Å². The molecule has 1 aromatic heterocycles. The molecule has 0 amide bonds. The Kier molecular flexibility index (Phi) is 2.90. The molecule has 72 valence electrons. The zero-order valence-electron chi connectivity index (χ0n) is 7.00. The van der Waals surface area contributed by atoms with Crippen LogP contribution in [0, 0.1) is 0 Å². The van der Waals surface area contributed by atoms with Gasteiger partial charge in [-0.2, -0.15) is 0 Å². The lowest BCUT2D eigenvalue weighted by molar-refractivity contribution is 1.40. The van der Waals surface area contributed by atoms with Gasteiger partial charge < -0.3 is 5.73 Å². The summed E-state index contributed by atoms with van der Waals surface area (Å²) in [5.41, 5.74) is 6.73. The van der Waals surface area contributed by atoms with E-state index in [4.69, 9.17) is 5.73 Å². The third-order valence-corrected chi connectivity index (χ3v) is 4.19. The van der Waals surface area contributed by atoms with E-state index in [0.29, 0.717) is 5.82 Å². The Bertz CT molecular complexity index is 448. The van der Waals surface area contributed by atoms with Crippen LogP contribution in [-0.2, 0) is 0 Å². The quantitative estimate of drug-likeness (QED) is 0.859. The summed E-state index contributed by atoms with van der Waals surface area (Å²) in [6, 6.07) is 7.95. The fourth-order valence-electron chi connectivity index (χ4n) is 1.06. The van der Waals surface area contributed by atoms with E-state index in [0.717, 1.165) is 18.8 Å². The number of rotatable bonds is 1. The number of anilines is 1. The molecule has 2 nitrogen and oxygen atoms in total. The fraction of sp³-hybridized carbons (Fsp3) is 0. The van der Waals surface area contributed by atoms with E-state index >= 15 is 0 Å². The molecule has 5 heteroatoms. The molecular formula is C9H6Br2N2S. The van der Waals surface area contributed by atoms with Gasteiger partial charge in [0.05, 0.1) is 0 Å². The first-order valence-corrected chi connectivity index (χ1v) is 6.25. The van der Waals surface area contributed by atoms with Gasteiger partial charge in [0, 0.05) is 10.0 Å². The molecule has 0 aliphatic rings. The maximum Gasteiger partial charge on any atom is 0.149 e. The summed E-state index contributed by atoms with van der Waals surface area (Å²) < 4.78 is 1.91. The van der Waals surface area contributed by atoms with Crippen LogP contribution in [0.25, 0.3) is 10.6 Å². The van der Waals surface area contributed by atoms with Crippen LogP contribution in [0.15, 0.2) is 32.5 Å². The number of thiazole rings is 1. The van der Waals surface area contributed by atoms with Crippen molar-refractivity contribution in [1.82, 2.24) is 4.98 Å². The van der Waals surface area contributed by atoms with Gasteiger partial charge in [0.25, 0.3) is 0 Å². The molecule has 2 aromatic rings. The molecule has 0 bridgehead atoms. The zero-order valence-corrected chi connectivity index (χ0v) is 11.0. The zero-order chi connectivity index (χ0) is 10.1. The number of nitrogen functional groups attached to an aromatic ring is 1. The van der Waals surface area contributed by atoms with Crippen molar-refractivity contribution in [2.24, 2.45) is 0 Å². The molecule has 0 radical (unpaired) electrons. The van der Waals surface area contributed by atoms with Gasteiger partial charge in [-0.05, 0) is 22.0 Å². The first-order chi connectivity index (χ1) is 6.68. The van der Waals surface area contributed by atoms with Crippen LogP contribution in [-0.4, -0.2) is 4.98 Å². The summed E-state index contributed by atoms with van der Waals surface area (Å²) in [7, 11) is 0. The van der Waals surface area contributed by atoms with E-state index in [1.165, 1.54) is 11.3 Å². The van der Waals surface area contributed by atoms with Crippen LogP contribution in [0.4, 0.5) is 5.82 Å². The summed E-state index contributed by atoms with van der Waals surface area (Å²) in [5.74, 6) is 0.542. The highest BCUT2D eigenvalue weighted by molar-refractivity contribution is 9.11. The monoisotopic (exact) mass is 332 g/mol. The highest BCUT2D eigenvalue weighted by atomic mass is 79.9. The Morgan fingerprint density at radius 1 is 1.21 bits per heavy atom. The average Bonchev–Trinajstić information content (AvgIpc) is 2.48. The molecule has 0 fully saturated rings. The first-order valence-electron chi connectivity index (χ1n) is 3.85. The summed E-state index contributed by atoms with van der Waals surface area (Å²) in [4.78, 5) is 4.26. The van der Waals surface area contributed by atoms with Crippen molar-refractivity contribution in [1.29, 1.82) is 0 Å². The molecule has 14 heavy (non-hydrogen) atoms. The summed E-state index contributed by atoms with van der Waals surface area (Å²) in [5, 5.41) is 0.918. The van der Waals surface area contributed by atoms with Crippen molar-refractivity contribution in [3.63, 3.8) is 0 Å². The first kappa shape index (κ1) is 10.1. The Morgan fingerprint density at radius 3 is 2.50 bits per heavy atom. The van der Waals surface area contributed by atoms with E-state index < -0.39 is 0 Å². The molecule has 2 N–H and O–H groups in total. The number of hydrogen-bond donors (Lipinski definition) is 1. The van der Waals surface area contributed by atoms with Crippen molar-refractivity contribution in [2.45, 2.75) is 0 Å². The second-order valence-corrected chi connectivity index (χ2v) is 5.83. The number of nitrogens with zero attached hydrogens (tertiary/aromatic N) is 1. The van der Waals surface area contributed by atoms with Crippen LogP contribution in [0.1, 0.15) is 0 Å². The van der Waals surface area contributed by atoms with Crippen LogP contribution in [0.2, 0.25) is 0 Å². The van der Waals surface area contributed by atoms with Crippen LogP contribution in [0.3, 0.4) is 0 Å². The maximum atomic E-state index is 5.67. The van der Waals surface area contributed by atoms with Gasteiger partial charge in [-0.25, -0.2) is 4.98 Å². The second kappa shape index (κ2) is 4.00. The minimum absolute atomic E-state index is 0.542. The molecule has 0 aliphatic heterocycles.